The summed E-state index contributed by atoms with van der Waals surface area (Å²) in [6, 6.07) is 51.9. The van der Waals surface area contributed by atoms with Crippen LogP contribution in [0.5, 0.6) is 0 Å². The summed E-state index contributed by atoms with van der Waals surface area (Å²) in [5, 5.41) is 0. The molecule has 0 spiro atoms. The van der Waals surface area contributed by atoms with Crippen molar-refractivity contribution < 1.29 is 0 Å². The Kier molecular flexibility index (Phi) is 9.86. The van der Waals surface area contributed by atoms with E-state index < -0.39 is 0 Å². The standard InChI is InChI=1S/C54H58N2/c1-5-7-11-41-17-25-45(26-18-41)55(43-21-13-39(3)14-22-43)47-29-31-49-50-32-30-48(38-52(50)54-35-9-33-53(54,34-10-36-54)51(49)37-47)56(44-23-15-40(4)16-24-44)46-27-19-42(20-28-46)12-8-6-2/h13-32,37-38H,5-12,33-36H2,1-4H3/t53-,54+. The van der Waals surface area contributed by atoms with Crippen molar-refractivity contribution in [3.05, 3.63) is 167 Å². The lowest BCUT2D eigenvalue weighted by Gasteiger charge is -2.48. The van der Waals surface area contributed by atoms with E-state index in [1.54, 1.807) is 11.1 Å². The molecule has 0 atom stereocenters. The fourth-order valence-electron chi connectivity index (χ4n) is 10.9. The Morgan fingerprint density at radius 2 is 0.732 bits per heavy atom. The first-order valence-corrected chi connectivity index (χ1v) is 21.6. The van der Waals surface area contributed by atoms with Gasteiger partial charge in [0.2, 0.25) is 0 Å². The van der Waals surface area contributed by atoms with Crippen LogP contribution in [0.1, 0.15) is 111 Å². The van der Waals surface area contributed by atoms with Gasteiger partial charge in [-0.25, -0.2) is 0 Å². The Morgan fingerprint density at radius 3 is 1.07 bits per heavy atom. The fraction of sp³-hybridized carbons (Fsp3) is 0.333. The molecule has 0 heterocycles. The van der Waals surface area contributed by atoms with Gasteiger partial charge in [0.25, 0.3) is 0 Å². The third-order valence-corrected chi connectivity index (χ3v) is 13.8. The number of hydrogen-bond acceptors (Lipinski definition) is 2. The molecule has 0 unspecified atom stereocenters. The number of hydrogen-bond donors (Lipinski definition) is 0. The quantitative estimate of drug-likeness (QED) is 0.124. The van der Waals surface area contributed by atoms with Crippen LogP contribution < -0.4 is 9.80 Å². The van der Waals surface area contributed by atoms with E-state index in [4.69, 9.17) is 0 Å². The molecular weight excluding hydrogens is 677 g/mol. The second kappa shape index (κ2) is 15.1. The normalized spacial score (nSPS) is 19.2. The minimum atomic E-state index is 0.155. The summed E-state index contributed by atoms with van der Waals surface area (Å²) in [4.78, 5) is 4.99. The van der Waals surface area contributed by atoms with Gasteiger partial charge in [0.05, 0.1) is 0 Å². The summed E-state index contributed by atoms with van der Waals surface area (Å²) in [7, 11) is 0. The first kappa shape index (κ1) is 36.6. The predicted octanol–water partition coefficient (Wildman–Crippen LogP) is 15.5. The van der Waals surface area contributed by atoms with Crippen molar-refractivity contribution in [3.63, 3.8) is 0 Å². The molecule has 3 aliphatic carbocycles. The maximum Gasteiger partial charge on any atom is 0.0465 e. The number of unbranched alkanes of at least 4 members (excludes halogenated alkanes) is 2. The lowest BCUT2D eigenvalue weighted by molar-refractivity contribution is 0.299. The van der Waals surface area contributed by atoms with E-state index in [1.807, 2.05) is 0 Å². The van der Waals surface area contributed by atoms with Gasteiger partial charge in [0.15, 0.2) is 0 Å². The molecule has 2 heteroatoms. The van der Waals surface area contributed by atoms with Crippen LogP contribution in [0.25, 0.3) is 11.1 Å². The molecule has 0 radical (unpaired) electrons. The molecule has 0 N–H and O–H groups in total. The molecule has 2 fully saturated rings. The molecule has 2 nitrogen and oxygen atoms in total. The van der Waals surface area contributed by atoms with Crippen molar-refractivity contribution in [2.24, 2.45) is 0 Å². The van der Waals surface area contributed by atoms with Crippen molar-refractivity contribution in [2.45, 2.75) is 116 Å². The summed E-state index contributed by atoms with van der Waals surface area (Å²) >= 11 is 0. The van der Waals surface area contributed by atoms with Crippen LogP contribution in [0.15, 0.2) is 133 Å². The van der Waals surface area contributed by atoms with Crippen molar-refractivity contribution >= 4 is 34.1 Å². The van der Waals surface area contributed by atoms with Gasteiger partial charge >= 0.3 is 0 Å². The molecule has 9 rings (SSSR count). The Morgan fingerprint density at radius 1 is 0.411 bits per heavy atom. The van der Waals surface area contributed by atoms with Crippen molar-refractivity contribution in [1.29, 1.82) is 0 Å². The third-order valence-electron chi connectivity index (χ3n) is 13.8. The summed E-state index contributed by atoms with van der Waals surface area (Å²) in [6.07, 6.45) is 14.8. The number of fused-ring (bicyclic) bond motifs is 3. The average Bonchev–Trinajstić information content (AvgIpc) is 3.81. The van der Waals surface area contributed by atoms with Gasteiger partial charge < -0.3 is 9.80 Å². The van der Waals surface area contributed by atoms with Gasteiger partial charge in [0.1, 0.15) is 0 Å². The first-order chi connectivity index (χ1) is 27.4. The number of rotatable bonds is 12. The maximum atomic E-state index is 2.61. The van der Waals surface area contributed by atoms with Gasteiger partial charge in [-0.05, 0) is 171 Å². The second-order valence-electron chi connectivity index (χ2n) is 17.2. The maximum absolute atomic E-state index is 2.61. The van der Waals surface area contributed by atoms with Crippen molar-refractivity contribution in [1.82, 2.24) is 0 Å². The van der Waals surface area contributed by atoms with Crippen molar-refractivity contribution in [3.8, 4) is 11.1 Å². The van der Waals surface area contributed by atoms with Crippen LogP contribution in [0, 0.1) is 13.8 Å². The van der Waals surface area contributed by atoms with Crippen LogP contribution in [0.3, 0.4) is 0 Å². The smallest absolute Gasteiger partial charge is 0.0465 e. The van der Waals surface area contributed by atoms with E-state index >= 15 is 0 Å². The van der Waals surface area contributed by atoms with E-state index in [0.29, 0.717) is 0 Å². The van der Waals surface area contributed by atoms with E-state index in [-0.39, 0.29) is 10.8 Å². The van der Waals surface area contributed by atoms with Crippen molar-refractivity contribution in [2.75, 3.05) is 9.80 Å². The number of aryl methyl sites for hydroxylation is 4. The Hall–Kier alpha value is -5.08. The molecule has 3 aliphatic rings. The predicted molar refractivity (Wildman–Crippen MR) is 239 cm³/mol. The van der Waals surface area contributed by atoms with Crippen LogP contribution in [0.4, 0.5) is 34.1 Å². The highest BCUT2D eigenvalue weighted by Gasteiger charge is 2.62. The molecule has 0 amide bonds. The Bertz CT molecular complexity index is 2120. The topological polar surface area (TPSA) is 6.48 Å². The largest absolute Gasteiger partial charge is 0.310 e. The SMILES string of the molecule is CCCCc1ccc(N(c2ccc(C)cc2)c2ccc3c(c2)[C@]24CCC[C@]2(CCC4)c2cc(N(c4ccc(C)cc4)c4ccc(CCCC)cc4)ccc2-3)cc1. The van der Waals surface area contributed by atoms with Crippen LogP contribution in [0.2, 0.25) is 0 Å². The van der Waals surface area contributed by atoms with Crippen LogP contribution in [-0.4, -0.2) is 0 Å². The zero-order chi connectivity index (χ0) is 38.3. The zero-order valence-corrected chi connectivity index (χ0v) is 34.1. The molecule has 0 saturated heterocycles. The fourth-order valence-corrected chi connectivity index (χ4v) is 10.9. The number of nitrogens with zero attached hydrogens (tertiary/aromatic N) is 2. The Labute approximate surface area is 336 Å². The monoisotopic (exact) mass is 734 g/mol. The third kappa shape index (κ3) is 6.26. The lowest BCUT2D eigenvalue weighted by Crippen LogP contribution is -2.43. The molecule has 0 aromatic heterocycles. The number of benzene rings is 6. The first-order valence-electron chi connectivity index (χ1n) is 21.6. The molecule has 0 bridgehead atoms. The highest BCUT2D eigenvalue weighted by atomic mass is 15.1. The molecule has 56 heavy (non-hydrogen) atoms. The van der Waals surface area contributed by atoms with E-state index in [0.717, 1.165) is 12.8 Å². The number of anilines is 6. The van der Waals surface area contributed by atoms with Gasteiger partial charge in [-0.15, -0.1) is 0 Å². The second-order valence-corrected chi connectivity index (χ2v) is 17.2. The summed E-state index contributed by atoms with van der Waals surface area (Å²) in [5.74, 6) is 0. The summed E-state index contributed by atoms with van der Waals surface area (Å²) in [5.41, 5.74) is 19.2. The lowest BCUT2D eigenvalue weighted by atomic mass is 9.55. The van der Waals surface area contributed by atoms with Gasteiger partial charge in [0, 0.05) is 45.0 Å². The average molecular weight is 735 g/mol. The molecule has 0 aliphatic heterocycles. The molecule has 6 aromatic carbocycles. The minimum absolute atomic E-state index is 0.155. The highest BCUT2D eigenvalue weighted by molar-refractivity contribution is 5.87. The highest BCUT2D eigenvalue weighted by Crippen LogP contribution is 2.70. The van der Waals surface area contributed by atoms with E-state index in [1.165, 1.54) is 132 Å². The molecular formula is C54H58N2. The van der Waals surface area contributed by atoms with Gasteiger partial charge in [-0.2, -0.15) is 0 Å². The summed E-state index contributed by atoms with van der Waals surface area (Å²) < 4.78 is 0. The molecule has 6 aromatic rings. The van der Waals surface area contributed by atoms with E-state index in [2.05, 4.69) is 171 Å². The minimum Gasteiger partial charge on any atom is -0.310 e. The summed E-state index contributed by atoms with van der Waals surface area (Å²) in [6.45, 7) is 8.92. The van der Waals surface area contributed by atoms with Gasteiger partial charge in [-0.1, -0.05) is 111 Å². The van der Waals surface area contributed by atoms with E-state index in [9.17, 15) is 0 Å². The molecule has 284 valence electrons. The van der Waals surface area contributed by atoms with Crippen LogP contribution >= 0.6 is 0 Å². The van der Waals surface area contributed by atoms with Gasteiger partial charge in [-0.3, -0.25) is 0 Å². The van der Waals surface area contributed by atoms with Crippen LogP contribution in [-0.2, 0) is 23.7 Å². The Balaban J connectivity index is 1.17. The zero-order valence-electron chi connectivity index (χ0n) is 34.1. The molecule has 2 saturated carbocycles.